The van der Waals surface area contributed by atoms with Crippen LogP contribution in [0.4, 0.5) is 0 Å². The maximum atomic E-state index is 11.4. The molecule has 0 spiro atoms. The molecule has 0 saturated carbocycles. The van der Waals surface area contributed by atoms with Gasteiger partial charge in [0, 0.05) is 12.7 Å². The molecule has 6 heteroatoms. The van der Waals surface area contributed by atoms with Gasteiger partial charge in [0.2, 0.25) is 5.91 Å². The molecule has 1 fully saturated rings. The molecule has 2 heterocycles. The SMILES string of the molecule is NC(=O)C1CCCCN1Cc1ccc(C(=O)O)cn1. The highest BCUT2D eigenvalue weighted by Gasteiger charge is 2.26. The molecule has 1 atom stereocenters. The number of carboxylic acid groups (broad SMARTS) is 1. The van der Waals surface area contributed by atoms with Crippen LogP contribution in [-0.4, -0.2) is 39.5 Å². The van der Waals surface area contributed by atoms with E-state index < -0.39 is 5.97 Å². The van der Waals surface area contributed by atoms with Crippen LogP contribution in [0.2, 0.25) is 0 Å². The van der Waals surface area contributed by atoms with Gasteiger partial charge in [-0.1, -0.05) is 6.42 Å². The number of pyridine rings is 1. The van der Waals surface area contributed by atoms with Gasteiger partial charge in [0.05, 0.1) is 17.3 Å². The van der Waals surface area contributed by atoms with E-state index in [1.54, 1.807) is 6.07 Å². The molecule has 1 aliphatic rings. The molecule has 0 aromatic carbocycles. The molecule has 0 bridgehead atoms. The first-order chi connectivity index (χ1) is 9.08. The van der Waals surface area contributed by atoms with Crippen molar-refractivity contribution in [2.45, 2.75) is 31.8 Å². The second kappa shape index (κ2) is 5.79. The third-order valence-electron chi connectivity index (χ3n) is 3.38. The van der Waals surface area contributed by atoms with Crippen molar-refractivity contribution in [1.82, 2.24) is 9.88 Å². The average Bonchev–Trinajstić information content (AvgIpc) is 2.39. The first-order valence-electron chi connectivity index (χ1n) is 6.29. The van der Waals surface area contributed by atoms with Gasteiger partial charge in [0.1, 0.15) is 0 Å². The van der Waals surface area contributed by atoms with Crippen LogP contribution in [0.1, 0.15) is 35.3 Å². The Bertz CT molecular complexity index is 473. The minimum atomic E-state index is -0.993. The van der Waals surface area contributed by atoms with Gasteiger partial charge in [-0.05, 0) is 31.5 Å². The molecule has 1 amide bonds. The molecule has 102 valence electrons. The van der Waals surface area contributed by atoms with Crippen molar-refractivity contribution in [2.24, 2.45) is 5.73 Å². The molecule has 2 rings (SSSR count). The molecular formula is C13H17N3O3. The number of hydrogen-bond donors (Lipinski definition) is 2. The van der Waals surface area contributed by atoms with E-state index in [0.29, 0.717) is 6.54 Å². The maximum Gasteiger partial charge on any atom is 0.337 e. The van der Waals surface area contributed by atoms with Crippen LogP contribution in [-0.2, 0) is 11.3 Å². The Labute approximate surface area is 111 Å². The number of amides is 1. The molecule has 1 aromatic heterocycles. The number of carboxylic acids is 1. The van der Waals surface area contributed by atoms with Crippen molar-refractivity contribution in [3.63, 3.8) is 0 Å². The number of primary amides is 1. The summed E-state index contributed by atoms with van der Waals surface area (Å²) in [5.41, 5.74) is 6.31. The minimum Gasteiger partial charge on any atom is -0.478 e. The highest BCUT2D eigenvalue weighted by Crippen LogP contribution is 2.18. The van der Waals surface area contributed by atoms with E-state index in [1.165, 1.54) is 12.3 Å². The van der Waals surface area contributed by atoms with Crippen LogP contribution in [0.15, 0.2) is 18.3 Å². The Morgan fingerprint density at radius 1 is 1.42 bits per heavy atom. The minimum absolute atomic E-state index is 0.161. The van der Waals surface area contributed by atoms with Gasteiger partial charge in [0.25, 0.3) is 0 Å². The molecule has 0 aliphatic carbocycles. The molecular weight excluding hydrogens is 246 g/mol. The fourth-order valence-electron chi connectivity index (χ4n) is 2.36. The van der Waals surface area contributed by atoms with Crippen LogP contribution >= 0.6 is 0 Å². The zero-order valence-corrected chi connectivity index (χ0v) is 10.6. The number of hydrogen-bond acceptors (Lipinski definition) is 4. The predicted molar refractivity (Wildman–Crippen MR) is 68.4 cm³/mol. The summed E-state index contributed by atoms with van der Waals surface area (Å²) >= 11 is 0. The van der Waals surface area contributed by atoms with Crippen LogP contribution in [0, 0.1) is 0 Å². The van der Waals surface area contributed by atoms with Crippen LogP contribution in [0.5, 0.6) is 0 Å². The molecule has 0 radical (unpaired) electrons. The molecule has 1 aromatic rings. The van der Waals surface area contributed by atoms with Crippen molar-refractivity contribution in [2.75, 3.05) is 6.54 Å². The summed E-state index contributed by atoms with van der Waals surface area (Å²) in [5.74, 6) is -1.30. The highest BCUT2D eigenvalue weighted by atomic mass is 16.4. The standard InChI is InChI=1S/C13H17N3O3/c14-12(17)11-3-1-2-6-16(11)8-10-5-4-9(7-15-10)13(18)19/h4-5,7,11H,1-3,6,8H2,(H2,14,17)(H,18,19). The predicted octanol–water partition coefficient (Wildman–Crippen LogP) is 0.620. The molecule has 3 N–H and O–H groups in total. The van der Waals surface area contributed by atoms with Gasteiger partial charge in [-0.3, -0.25) is 14.7 Å². The zero-order chi connectivity index (χ0) is 13.8. The topological polar surface area (TPSA) is 96.5 Å². The number of aromatic carboxylic acids is 1. The van der Waals surface area contributed by atoms with Gasteiger partial charge in [-0.15, -0.1) is 0 Å². The Kier molecular flexibility index (Phi) is 4.11. The summed E-state index contributed by atoms with van der Waals surface area (Å²) in [6.07, 6.45) is 4.16. The van der Waals surface area contributed by atoms with Gasteiger partial charge >= 0.3 is 5.97 Å². The van der Waals surface area contributed by atoms with Crippen molar-refractivity contribution < 1.29 is 14.7 Å². The lowest BCUT2D eigenvalue weighted by molar-refractivity contribution is -0.124. The molecule has 1 aliphatic heterocycles. The van der Waals surface area contributed by atoms with Crippen LogP contribution in [0.3, 0.4) is 0 Å². The number of piperidine rings is 1. The first kappa shape index (κ1) is 13.5. The number of aromatic nitrogens is 1. The summed E-state index contributed by atoms with van der Waals surface area (Å²) in [6, 6.07) is 2.96. The third kappa shape index (κ3) is 3.29. The molecule has 19 heavy (non-hydrogen) atoms. The lowest BCUT2D eigenvalue weighted by Crippen LogP contribution is -2.47. The lowest BCUT2D eigenvalue weighted by atomic mass is 10.0. The van der Waals surface area contributed by atoms with E-state index in [0.717, 1.165) is 31.5 Å². The number of rotatable bonds is 4. The van der Waals surface area contributed by atoms with Crippen molar-refractivity contribution >= 4 is 11.9 Å². The maximum absolute atomic E-state index is 11.4. The average molecular weight is 263 g/mol. The van der Waals surface area contributed by atoms with Gasteiger partial charge in [-0.2, -0.15) is 0 Å². The monoisotopic (exact) mass is 263 g/mol. The summed E-state index contributed by atoms with van der Waals surface area (Å²) in [5, 5.41) is 8.80. The van der Waals surface area contributed by atoms with E-state index in [4.69, 9.17) is 10.8 Å². The Morgan fingerprint density at radius 2 is 2.21 bits per heavy atom. The van der Waals surface area contributed by atoms with E-state index in [9.17, 15) is 9.59 Å². The third-order valence-corrected chi connectivity index (χ3v) is 3.38. The van der Waals surface area contributed by atoms with E-state index in [2.05, 4.69) is 4.98 Å². The second-order valence-electron chi connectivity index (χ2n) is 4.73. The van der Waals surface area contributed by atoms with Crippen LogP contribution in [0.25, 0.3) is 0 Å². The number of carbonyl (C=O) groups is 2. The van der Waals surface area contributed by atoms with E-state index in [-0.39, 0.29) is 17.5 Å². The first-order valence-corrected chi connectivity index (χ1v) is 6.29. The molecule has 6 nitrogen and oxygen atoms in total. The number of nitrogens with two attached hydrogens (primary N) is 1. The van der Waals surface area contributed by atoms with Crippen molar-refractivity contribution in [3.05, 3.63) is 29.6 Å². The smallest absolute Gasteiger partial charge is 0.337 e. The summed E-state index contributed by atoms with van der Waals surface area (Å²) in [4.78, 5) is 28.2. The van der Waals surface area contributed by atoms with E-state index >= 15 is 0 Å². The fraction of sp³-hybridized carbons (Fsp3) is 0.462. The Morgan fingerprint density at radius 3 is 2.79 bits per heavy atom. The molecule has 1 saturated heterocycles. The van der Waals surface area contributed by atoms with Gasteiger partial charge in [0.15, 0.2) is 0 Å². The zero-order valence-electron chi connectivity index (χ0n) is 10.6. The van der Waals surface area contributed by atoms with Gasteiger partial charge in [-0.25, -0.2) is 4.79 Å². The summed E-state index contributed by atoms with van der Waals surface area (Å²) in [6.45, 7) is 1.34. The number of carbonyl (C=O) groups excluding carboxylic acids is 1. The number of nitrogens with zero attached hydrogens (tertiary/aromatic N) is 2. The Balaban J connectivity index is 2.06. The molecule has 1 unspecified atom stereocenters. The van der Waals surface area contributed by atoms with Crippen molar-refractivity contribution in [3.8, 4) is 0 Å². The number of likely N-dealkylation sites (tertiary alicyclic amines) is 1. The summed E-state index contributed by atoms with van der Waals surface area (Å²) in [7, 11) is 0. The Hall–Kier alpha value is -1.95. The van der Waals surface area contributed by atoms with Crippen LogP contribution < -0.4 is 5.73 Å². The van der Waals surface area contributed by atoms with Crippen molar-refractivity contribution in [1.29, 1.82) is 0 Å². The quantitative estimate of drug-likeness (QED) is 0.830. The fourth-order valence-corrected chi connectivity index (χ4v) is 2.36. The largest absolute Gasteiger partial charge is 0.478 e. The second-order valence-corrected chi connectivity index (χ2v) is 4.73. The van der Waals surface area contributed by atoms with E-state index in [1.807, 2.05) is 4.90 Å². The normalized spacial score (nSPS) is 20.1. The lowest BCUT2D eigenvalue weighted by Gasteiger charge is -2.33. The summed E-state index contributed by atoms with van der Waals surface area (Å²) < 4.78 is 0. The van der Waals surface area contributed by atoms with Gasteiger partial charge < -0.3 is 10.8 Å². The highest BCUT2D eigenvalue weighted by molar-refractivity contribution is 5.87.